The molecule has 0 radical (unpaired) electrons. The number of ether oxygens (including phenoxy) is 2. The molecule has 0 unspecified atom stereocenters. The molecule has 1 saturated carbocycles. The van der Waals surface area contributed by atoms with Crippen molar-refractivity contribution in [3.05, 3.63) is 99.3 Å². The first kappa shape index (κ1) is 32.8. The number of carbonyl (C=O) groups is 2. The molecule has 2 aliphatic rings. The summed E-state index contributed by atoms with van der Waals surface area (Å²) in [4.78, 5) is 36.4. The molecular formula is C35H35FIN5O5. The van der Waals surface area contributed by atoms with Gasteiger partial charge in [0.1, 0.15) is 22.9 Å². The van der Waals surface area contributed by atoms with Gasteiger partial charge in [0.25, 0.3) is 11.8 Å². The van der Waals surface area contributed by atoms with E-state index in [1.54, 1.807) is 12.1 Å². The van der Waals surface area contributed by atoms with Crippen LogP contribution in [0.5, 0.6) is 17.4 Å². The minimum atomic E-state index is -0.646. The van der Waals surface area contributed by atoms with Gasteiger partial charge in [-0.15, -0.1) is 0 Å². The number of halogens is 2. The lowest BCUT2D eigenvalue weighted by Crippen LogP contribution is -2.44. The quantitative estimate of drug-likeness (QED) is 0.187. The van der Waals surface area contributed by atoms with E-state index in [1.165, 1.54) is 17.8 Å². The molecule has 1 aliphatic carbocycles. The Morgan fingerprint density at radius 2 is 1.70 bits per heavy atom. The van der Waals surface area contributed by atoms with E-state index in [2.05, 4.69) is 66.3 Å². The van der Waals surface area contributed by atoms with Crippen LogP contribution in [0.1, 0.15) is 52.1 Å². The first-order valence-electron chi connectivity index (χ1n) is 15.6. The molecule has 0 spiro atoms. The molecule has 2 amide bonds. The first-order valence-corrected chi connectivity index (χ1v) is 16.7. The van der Waals surface area contributed by atoms with E-state index < -0.39 is 17.6 Å². The van der Waals surface area contributed by atoms with E-state index in [1.807, 2.05) is 18.2 Å². The van der Waals surface area contributed by atoms with E-state index in [4.69, 9.17) is 9.47 Å². The van der Waals surface area contributed by atoms with Gasteiger partial charge in [-0.05, 0) is 107 Å². The van der Waals surface area contributed by atoms with Crippen molar-refractivity contribution in [3.8, 4) is 28.5 Å². The van der Waals surface area contributed by atoms with Crippen LogP contribution in [0.25, 0.3) is 11.1 Å². The normalized spacial score (nSPS) is 18.3. The topological polar surface area (TPSA) is 126 Å². The number of morpholine rings is 1. The van der Waals surface area contributed by atoms with Gasteiger partial charge in [0.05, 0.1) is 19.4 Å². The third-order valence-corrected chi connectivity index (χ3v) is 9.06. The summed E-state index contributed by atoms with van der Waals surface area (Å²) >= 11 is 2.33. The Morgan fingerprint density at radius 1 is 0.957 bits per heavy atom. The molecule has 2 aromatic carbocycles. The van der Waals surface area contributed by atoms with Crippen LogP contribution in [0.4, 0.5) is 4.39 Å². The summed E-state index contributed by atoms with van der Waals surface area (Å²) in [5.74, 6) is -1.27. The number of amides is 2. The number of nitrogens with zero attached hydrogens (tertiary/aromatic N) is 3. The van der Waals surface area contributed by atoms with Gasteiger partial charge in [-0.25, -0.2) is 14.4 Å². The van der Waals surface area contributed by atoms with Crippen LogP contribution >= 0.6 is 22.6 Å². The number of carbonyl (C=O) groups excluding carboxylic acids is 2. The monoisotopic (exact) mass is 751 g/mol. The lowest BCUT2D eigenvalue weighted by Gasteiger charge is -2.29. The van der Waals surface area contributed by atoms with E-state index in [-0.39, 0.29) is 35.0 Å². The SMILES string of the molecule is O=C(NC1CCC(NC(=O)c2ncccc2O)CC1)c1cc(F)cnc1Oc1cccc(-c2ccc(I)cc2CN2CCOCC2)c1. The summed E-state index contributed by atoms with van der Waals surface area (Å²) in [6.07, 6.45) is 4.93. The highest BCUT2D eigenvalue weighted by atomic mass is 127. The van der Waals surface area contributed by atoms with Gasteiger partial charge in [-0.3, -0.25) is 14.5 Å². The first-order chi connectivity index (χ1) is 22.8. The third-order valence-electron chi connectivity index (χ3n) is 8.39. The van der Waals surface area contributed by atoms with E-state index in [0.717, 1.165) is 59.8 Å². The molecule has 2 aromatic heterocycles. The maximum atomic E-state index is 14.3. The highest BCUT2D eigenvalue weighted by Crippen LogP contribution is 2.32. The Kier molecular flexibility index (Phi) is 10.6. The second kappa shape index (κ2) is 15.2. The van der Waals surface area contributed by atoms with Crippen molar-refractivity contribution in [2.24, 2.45) is 0 Å². The fourth-order valence-corrected chi connectivity index (χ4v) is 6.51. The fraction of sp³-hybridized carbons (Fsp3) is 0.314. The van der Waals surface area contributed by atoms with Crippen LogP contribution in [-0.2, 0) is 11.3 Å². The summed E-state index contributed by atoms with van der Waals surface area (Å²) < 4.78 is 27.1. The standard InChI is InChI=1S/C35H35FIN5O5/c36-24-19-30(33(44)40-26-7-9-27(10-8-26)41-34(45)32-31(43)5-2-12-38-32)35(39-20-24)47-28-4-1-3-22(18-28)29-11-6-25(37)17-23(29)21-42-13-15-46-16-14-42/h1-6,11-12,17-20,26-27,43H,7-10,13-16,21H2,(H,40,44)(H,41,45). The zero-order valence-electron chi connectivity index (χ0n) is 25.6. The predicted molar refractivity (Wildman–Crippen MR) is 182 cm³/mol. The Bertz CT molecular complexity index is 1740. The highest BCUT2D eigenvalue weighted by molar-refractivity contribution is 14.1. The molecule has 0 bridgehead atoms. The number of rotatable bonds is 9. The van der Waals surface area contributed by atoms with Crippen molar-refractivity contribution >= 4 is 34.4 Å². The van der Waals surface area contributed by atoms with Crippen molar-refractivity contribution in [2.75, 3.05) is 26.3 Å². The minimum absolute atomic E-state index is 0.00118. The molecule has 3 heterocycles. The second-order valence-electron chi connectivity index (χ2n) is 11.7. The van der Waals surface area contributed by atoms with Crippen molar-refractivity contribution in [1.29, 1.82) is 0 Å². The number of pyridine rings is 2. The summed E-state index contributed by atoms with van der Waals surface area (Å²) in [6.45, 7) is 4.00. The minimum Gasteiger partial charge on any atom is -0.505 e. The third kappa shape index (κ3) is 8.42. The van der Waals surface area contributed by atoms with Crippen LogP contribution in [0.3, 0.4) is 0 Å². The molecule has 47 heavy (non-hydrogen) atoms. The van der Waals surface area contributed by atoms with Crippen molar-refractivity contribution in [2.45, 2.75) is 44.3 Å². The van der Waals surface area contributed by atoms with Crippen LogP contribution in [0.15, 0.2) is 73.1 Å². The Morgan fingerprint density at radius 3 is 2.45 bits per heavy atom. The van der Waals surface area contributed by atoms with Crippen LogP contribution < -0.4 is 15.4 Å². The number of hydrogen-bond acceptors (Lipinski definition) is 8. The van der Waals surface area contributed by atoms with Crippen molar-refractivity contribution in [3.63, 3.8) is 0 Å². The molecule has 4 aromatic rings. The number of benzene rings is 2. The second-order valence-corrected chi connectivity index (χ2v) is 12.9. The van der Waals surface area contributed by atoms with Gasteiger partial charge < -0.3 is 25.2 Å². The Labute approximate surface area is 285 Å². The molecule has 244 valence electrons. The zero-order valence-corrected chi connectivity index (χ0v) is 27.8. The Hall–Kier alpha value is -4.14. The molecule has 0 atom stereocenters. The Balaban J connectivity index is 1.11. The van der Waals surface area contributed by atoms with Gasteiger partial charge in [0.15, 0.2) is 5.69 Å². The number of nitrogens with one attached hydrogen (secondary N) is 2. The molecule has 3 N–H and O–H groups in total. The van der Waals surface area contributed by atoms with Gasteiger partial charge in [0.2, 0.25) is 5.88 Å². The summed E-state index contributed by atoms with van der Waals surface area (Å²) in [7, 11) is 0. The fourth-order valence-electron chi connectivity index (χ4n) is 5.96. The predicted octanol–water partition coefficient (Wildman–Crippen LogP) is 5.69. The van der Waals surface area contributed by atoms with E-state index >= 15 is 0 Å². The van der Waals surface area contributed by atoms with E-state index in [0.29, 0.717) is 31.4 Å². The lowest BCUT2D eigenvalue weighted by molar-refractivity contribution is 0.0342. The zero-order chi connectivity index (χ0) is 32.8. The van der Waals surface area contributed by atoms with Gasteiger partial charge >= 0.3 is 0 Å². The largest absolute Gasteiger partial charge is 0.505 e. The van der Waals surface area contributed by atoms with Gasteiger partial charge in [-0.2, -0.15) is 0 Å². The molecule has 1 aliphatic heterocycles. The maximum Gasteiger partial charge on any atom is 0.273 e. The van der Waals surface area contributed by atoms with Crippen LogP contribution in [0.2, 0.25) is 0 Å². The van der Waals surface area contributed by atoms with Crippen molar-refractivity contribution in [1.82, 2.24) is 25.5 Å². The molecule has 6 rings (SSSR count). The summed E-state index contributed by atoms with van der Waals surface area (Å²) in [6, 6.07) is 17.7. The van der Waals surface area contributed by atoms with Crippen LogP contribution in [-0.4, -0.2) is 70.2 Å². The molecule has 2 fully saturated rings. The van der Waals surface area contributed by atoms with Crippen LogP contribution in [0, 0.1) is 9.39 Å². The number of hydrogen-bond donors (Lipinski definition) is 3. The average Bonchev–Trinajstić information content (AvgIpc) is 3.07. The molecule has 12 heteroatoms. The molecule has 10 nitrogen and oxygen atoms in total. The highest BCUT2D eigenvalue weighted by Gasteiger charge is 2.27. The van der Waals surface area contributed by atoms with Gasteiger partial charge in [-0.1, -0.05) is 18.2 Å². The summed E-state index contributed by atoms with van der Waals surface area (Å²) in [5.41, 5.74) is 3.21. The van der Waals surface area contributed by atoms with E-state index in [9.17, 15) is 19.1 Å². The van der Waals surface area contributed by atoms with Gasteiger partial charge in [0, 0.05) is 41.5 Å². The number of aromatic hydroxyl groups is 1. The maximum absolute atomic E-state index is 14.3. The molecule has 1 saturated heterocycles. The number of aromatic nitrogens is 2. The summed E-state index contributed by atoms with van der Waals surface area (Å²) in [5, 5.41) is 15.8. The lowest BCUT2D eigenvalue weighted by atomic mass is 9.91. The average molecular weight is 752 g/mol. The molecular weight excluding hydrogens is 716 g/mol. The smallest absolute Gasteiger partial charge is 0.273 e. The van der Waals surface area contributed by atoms with Crippen molar-refractivity contribution < 1.29 is 28.6 Å².